The standard InChI is InChI=1S/C60H117N2O6P/c1-6-8-10-12-14-16-18-20-22-24-26-28-29-30-31-32-34-35-37-39-41-43-45-47-49-51-53-59(63)58(57-68-69(65,66)67-56-55-62(3,4)5)61-60(64)54-52-50-48-46-44-42-40-38-36-33-27-25-23-21-19-17-15-13-11-9-7-2/h19,21,25,27,51,53,58-59,63H,6-18,20,22-24,26,28-50,52,54-57H2,1-5H3,(H-,61,64,65,66)/b21-19-,27-25-,53-51+. The van der Waals surface area contributed by atoms with Crippen molar-refractivity contribution < 1.29 is 32.9 Å². The predicted molar refractivity (Wildman–Crippen MR) is 298 cm³/mol. The molecule has 8 nitrogen and oxygen atoms in total. The number of quaternary nitrogens is 1. The maximum Gasteiger partial charge on any atom is 0.268 e. The molecule has 0 aromatic rings. The van der Waals surface area contributed by atoms with Gasteiger partial charge in [-0.15, -0.1) is 0 Å². The zero-order chi connectivity index (χ0) is 50.6. The molecule has 0 aliphatic rings. The lowest BCUT2D eigenvalue weighted by molar-refractivity contribution is -0.870. The van der Waals surface area contributed by atoms with Crippen molar-refractivity contribution in [2.75, 3.05) is 40.9 Å². The number of nitrogens with one attached hydrogen (secondary N) is 1. The van der Waals surface area contributed by atoms with Gasteiger partial charge in [0, 0.05) is 6.42 Å². The molecule has 69 heavy (non-hydrogen) atoms. The number of carbonyl (C=O) groups excluding carboxylic acids is 1. The summed E-state index contributed by atoms with van der Waals surface area (Å²) < 4.78 is 23.4. The summed E-state index contributed by atoms with van der Waals surface area (Å²) in [5.41, 5.74) is 0. The summed E-state index contributed by atoms with van der Waals surface area (Å²) in [6, 6.07) is -0.889. The molecule has 3 unspecified atom stereocenters. The van der Waals surface area contributed by atoms with E-state index in [2.05, 4.69) is 43.5 Å². The van der Waals surface area contributed by atoms with Gasteiger partial charge in [0.15, 0.2) is 0 Å². The van der Waals surface area contributed by atoms with Gasteiger partial charge in [0.05, 0.1) is 39.9 Å². The smallest absolute Gasteiger partial charge is 0.268 e. The van der Waals surface area contributed by atoms with Crippen LogP contribution in [0.1, 0.15) is 290 Å². The van der Waals surface area contributed by atoms with Crippen LogP contribution in [0.3, 0.4) is 0 Å². The van der Waals surface area contributed by atoms with Gasteiger partial charge in [-0.3, -0.25) is 9.36 Å². The van der Waals surface area contributed by atoms with Crippen LogP contribution in [-0.4, -0.2) is 68.5 Å². The van der Waals surface area contributed by atoms with Crippen LogP contribution in [0.4, 0.5) is 0 Å². The number of aliphatic hydroxyl groups is 1. The third-order valence-corrected chi connectivity index (χ3v) is 14.6. The van der Waals surface area contributed by atoms with Gasteiger partial charge in [-0.05, 0) is 51.4 Å². The van der Waals surface area contributed by atoms with Crippen LogP contribution in [0, 0.1) is 0 Å². The molecule has 0 spiro atoms. The van der Waals surface area contributed by atoms with E-state index in [1.165, 1.54) is 225 Å². The molecule has 0 saturated heterocycles. The molecule has 408 valence electrons. The van der Waals surface area contributed by atoms with Gasteiger partial charge in [-0.1, -0.05) is 269 Å². The van der Waals surface area contributed by atoms with Gasteiger partial charge >= 0.3 is 0 Å². The fourth-order valence-electron chi connectivity index (χ4n) is 8.89. The highest BCUT2D eigenvalue weighted by Crippen LogP contribution is 2.38. The third kappa shape index (κ3) is 54.3. The van der Waals surface area contributed by atoms with E-state index < -0.39 is 20.0 Å². The van der Waals surface area contributed by atoms with E-state index in [1.807, 2.05) is 27.2 Å². The molecule has 0 rings (SSSR count). The van der Waals surface area contributed by atoms with Crippen molar-refractivity contribution in [3.63, 3.8) is 0 Å². The molecule has 0 aromatic heterocycles. The second kappa shape index (κ2) is 51.6. The minimum Gasteiger partial charge on any atom is -0.756 e. The molecule has 0 aliphatic heterocycles. The maximum atomic E-state index is 13.0. The summed E-state index contributed by atoms with van der Waals surface area (Å²) >= 11 is 0. The zero-order valence-electron chi connectivity index (χ0n) is 46.5. The SMILES string of the molecule is CCCCCCC/C=C\C/C=C\CCCCCCCCCCCC(=O)NC(COP(=O)([O-])OCC[N+](C)(C)C)C(O)/C=C/CCCCCCCCCCCCCCCCCCCCCCCCCC. The van der Waals surface area contributed by atoms with E-state index in [0.29, 0.717) is 17.4 Å². The largest absolute Gasteiger partial charge is 0.756 e. The van der Waals surface area contributed by atoms with Gasteiger partial charge in [0.25, 0.3) is 7.82 Å². The highest BCUT2D eigenvalue weighted by molar-refractivity contribution is 7.45. The molecule has 9 heteroatoms. The zero-order valence-corrected chi connectivity index (χ0v) is 47.4. The van der Waals surface area contributed by atoms with Crippen molar-refractivity contribution in [1.29, 1.82) is 0 Å². The summed E-state index contributed by atoms with van der Waals surface area (Å²) in [6.07, 6.45) is 66.5. The lowest BCUT2D eigenvalue weighted by atomic mass is 10.0. The molecule has 0 radical (unpaired) electrons. The van der Waals surface area contributed by atoms with E-state index in [9.17, 15) is 19.4 Å². The van der Waals surface area contributed by atoms with E-state index in [4.69, 9.17) is 9.05 Å². The number of nitrogens with zero attached hydrogens (tertiary/aromatic N) is 1. The van der Waals surface area contributed by atoms with Crippen molar-refractivity contribution in [2.24, 2.45) is 0 Å². The van der Waals surface area contributed by atoms with E-state index >= 15 is 0 Å². The van der Waals surface area contributed by atoms with Crippen LogP contribution in [0.15, 0.2) is 36.5 Å². The summed E-state index contributed by atoms with van der Waals surface area (Å²) in [7, 11) is 1.27. The van der Waals surface area contributed by atoms with Crippen LogP contribution >= 0.6 is 7.82 Å². The third-order valence-electron chi connectivity index (χ3n) is 13.6. The summed E-state index contributed by atoms with van der Waals surface area (Å²) in [5.74, 6) is -0.198. The van der Waals surface area contributed by atoms with Gasteiger partial charge in [0.1, 0.15) is 13.2 Å². The summed E-state index contributed by atoms with van der Waals surface area (Å²) in [5, 5.41) is 13.9. The quantitative estimate of drug-likeness (QED) is 0.0272. The number of rotatable bonds is 55. The Bertz CT molecular complexity index is 1220. The van der Waals surface area contributed by atoms with Crippen molar-refractivity contribution in [3.05, 3.63) is 36.5 Å². The highest BCUT2D eigenvalue weighted by atomic mass is 31.2. The topological polar surface area (TPSA) is 108 Å². The van der Waals surface area contributed by atoms with E-state index in [-0.39, 0.29) is 19.1 Å². The fraction of sp³-hybridized carbons (Fsp3) is 0.883. The van der Waals surface area contributed by atoms with Gasteiger partial charge < -0.3 is 28.8 Å². The molecule has 0 heterocycles. The Morgan fingerprint density at radius 2 is 0.841 bits per heavy atom. The average Bonchev–Trinajstić information content (AvgIpc) is 3.31. The minimum atomic E-state index is -4.60. The molecule has 1 amide bonds. The predicted octanol–water partition coefficient (Wildman–Crippen LogP) is 17.5. The Labute approximate surface area is 429 Å². The fourth-order valence-corrected chi connectivity index (χ4v) is 9.61. The second-order valence-corrected chi connectivity index (χ2v) is 23.1. The Morgan fingerprint density at radius 3 is 1.20 bits per heavy atom. The number of unbranched alkanes of at least 4 members (excludes halogenated alkanes) is 38. The van der Waals surface area contributed by atoms with Crippen LogP contribution < -0.4 is 10.2 Å². The monoisotopic (exact) mass is 993 g/mol. The van der Waals surface area contributed by atoms with Gasteiger partial charge in [-0.2, -0.15) is 0 Å². The molecule has 0 saturated carbocycles. The van der Waals surface area contributed by atoms with Gasteiger partial charge in [-0.25, -0.2) is 0 Å². The maximum absolute atomic E-state index is 13.0. The molecule has 0 aliphatic carbocycles. The summed E-state index contributed by atoms with van der Waals surface area (Å²) in [4.78, 5) is 25.5. The number of likely N-dealkylation sites (N-methyl/N-ethyl adjacent to an activating group) is 1. The number of aliphatic hydroxyl groups excluding tert-OH is 1. The van der Waals surface area contributed by atoms with Crippen molar-refractivity contribution >= 4 is 13.7 Å². The minimum absolute atomic E-state index is 0.00140. The molecule has 2 N–H and O–H groups in total. The Balaban J connectivity index is 4.19. The number of phosphoric ester groups is 1. The second-order valence-electron chi connectivity index (χ2n) is 21.7. The van der Waals surface area contributed by atoms with Crippen LogP contribution in [0.25, 0.3) is 0 Å². The molecule has 0 aromatic carbocycles. The lowest BCUT2D eigenvalue weighted by Gasteiger charge is -2.29. The van der Waals surface area contributed by atoms with Crippen LogP contribution in [0.2, 0.25) is 0 Å². The number of carbonyl (C=O) groups is 1. The van der Waals surface area contributed by atoms with E-state index in [1.54, 1.807) is 6.08 Å². The average molecular weight is 994 g/mol. The first-order valence-electron chi connectivity index (χ1n) is 29.9. The number of allylic oxidation sites excluding steroid dienone is 5. The highest BCUT2D eigenvalue weighted by Gasteiger charge is 2.23. The first-order chi connectivity index (χ1) is 33.5. The van der Waals surface area contributed by atoms with Crippen molar-refractivity contribution in [1.82, 2.24) is 5.32 Å². The normalized spacial score (nSPS) is 14.1. The molecular formula is C60H117N2O6P. The first kappa shape index (κ1) is 67.7. The number of hydrogen-bond acceptors (Lipinski definition) is 6. The summed E-state index contributed by atoms with van der Waals surface area (Å²) in [6.45, 7) is 4.67. The number of amides is 1. The van der Waals surface area contributed by atoms with Crippen LogP contribution in [-0.2, 0) is 18.4 Å². The molecule has 0 fully saturated rings. The lowest BCUT2D eigenvalue weighted by Crippen LogP contribution is -2.45. The first-order valence-corrected chi connectivity index (χ1v) is 31.3. The van der Waals surface area contributed by atoms with E-state index in [0.717, 1.165) is 44.9 Å². The number of phosphoric acid groups is 1. The Hall–Kier alpha value is -1.28. The van der Waals surface area contributed by atoms with Crippen molar-refractivity contribution in [3.8, 4) is 0 Å². The Kier molecular flexibility index (Phi) is 50.7. The number of hydrogen-bond donors (Lipinski definition) is 2. The Morgan fingerprint density at radius 1 is 0.507 bits per heavy atom. The molecule has 0 bridgehead atoms. The van der Waals surface area contributed by atoms with Crippen LogP contribution in [0.5, 0.6) is 0 Å². The molecule has 3 atom stereocenters. The van der Waals surface area contributed by atoms with Gasteiger partial charge in [0.2, 0.25) is 5.91 Å². The van der Waals surface area contributed by atoms with Crippen molar-refractivity contribution in [2.45, 2.75) is 302 Å². The molecular weight excluding hydrogens is 876 g/mol.